The molecule has 1 saturated heterocycles. The molecule has 2 heteroatoms. The largest absolute Gasteiger partial charge is 0.299 e. The highest BCUT2D eigenvalue weighted by molar-refractivity contribution is 6.10. The standard InChI is InChI=1S/C18H19NO/c1-14-6-4-8-15(12-14)18(20)17-9-3-2-7-16(17)13-19-10-5-11-19/h2-4,6-9,12H,5,10-11,13H2,1H3. The van der Waals surface area contributed by atoms with Crippen molar-refractivity contribution in [2.24, 2.45) is 0 Å². The summed E-state index contributed by atoms with van der Waals surface area (Å²) in [7, 11) is 0. The highest BCUT2D eigenvalue weighted by Gasteiger charge is 2.18. The first-order chi connectivity index (χ1) is 9.74. The number of rotatable bonds is 4. The van der Waals surface area contributed by atoms with Gasteiger partial charge in [0.05, 0.1) is 0 Å². The molecule has 0 bridgehead atoms. The van der Waals surface area contributed by atoms with E-state index in [0.717, 1.165) is 41.9 Å². The summed E-state index contributed by atoms with van der Waals surface area (Å²) in [5, 5.41) is 0. The Bertz CT molecular complexity index is 629. The Morgan fingerprint density at radius 1 is 1.10 bits per heavy atom. The number of hydrogen-bond acceptors (Lipinski definition) is 2. The molecule has 0 atom stereocenters. The predicted molar refractivity (Wildman–Crippen MR) is 80.9 cm³/mol. The molecule has 0 aromatic heterocycles. The number of hydrogen-bond donors (Lipinski definition) is 0. The van der Waals surface area contributed by atoms with Gasteiger partial charge in [-0.1, -0.05) is 48.0 Å². The van der Waals surface area contributed by atoms with E-state index in [1.54, 1.807) is 0 Å². The van der Waals surface area contributed by atoms with Gasteiger partial charge in [0.25, 0.3) is 0 Å². The Labute approximate surface area is 120 Å². The Balaban J connectivity index is 1.90. The van der Waals surface area contributed by atoms with Gasteiger partial charge in [0.2, 0.25) is 0 Å². The van der Waals surface area contributed by atoms with Gasteiger partial charge >= 0.3 is 0 Å². The molecule has 20 heavy (non-hydrogen) atoms. The van der Waals surface area contributed by atoms with Crippen LogP contribution in [0.4, 0.5) is 0 Å². The van der Waals surface area contributed by atoms with E-state index in [2.05, 4.69) is 11.0 Å². The minimum atomic E-state index is 0.129. The number of benzene rings is 2. The fourth-order valence-electron chi connectivity index (χ4n) is 2.60. The molecule has 2 nitrogen and oxygen atoms in total. The molecule has 0 spiro atoms. The molecule has 1 aliphatic rings. The fourth-order valence-corrected chi connectivity index (χ4v) is 2.60. The molecule has 102 valence electrons. The second-order valence-electron chi connectivity index (χ2n) is 5.49. The highest BCUT2D eigenvalue weighted by atomic mass is 16.1. The third-order valence-electron chi connectivity index (χ3n) is 3.88. The topological polar surface area (TPSA) is 20.3 Å². The lowest BCUT2D eigenvalue weighted by Crippen LogP contribution is -2.36. The van der Waals surface area contributed by atoms with Crippen molar-refractivity contribution in [2.75, 3.05) is 13.1 Å². The third kappa shape index (κ3) is 2.66. The summed E-state index contributed by atoms with van der Waals surface area (Å²) in [4.78, 5) is 15.1. The van der Waals surface area contributed by atoms with E-state index in [1.165, 1.54) is 6.42 Å². The van der Waals surface area contributed by atoms with Gasteiger partial charge in [-0.15, -0.1) is 0 Å². The van der Waals surface area contributed by atoms with Crippen LogP contribution < -0.4 is 0 Å². The van der Waals surface area contributed by atoms with Crippen LogP contribution in [-0.4, -0.2) is 23.8 Å². The number of nitrogens with zero attached hydrogens (tertiary/aromatic N) is 1. The van der Waals surface area contributed by atoms with Crippen LogP contribution in [0.5, 0.6) is 0 Å². The van der Waals surface area contributed by atoms with Crippen molar-refractivity contribution in [1.82, 2.24) is 4.90 Å². The SMILES string of the molecule is Cc1cccc(C(=O)c2ccccc2CN2CCC2)c1. The van der Waals surface area contributed by atoms with E-state index in [0.29, 0.717) is 0 Å². The quantitative estimate of drug-likeness (QED) is 0.789. The lowest BCUT2D eigenvalue weighted by Gasteiger charge is -2.31. The van der Waals surface area contributed by atoms with Crippen LogP contribution in [0.15, 0.2) is 48.5 Å². The molecular weight excluding hydrogens is 246 g/mol. The number of carbonyl (C=O) groups is 1. The molecule has 1 heterocycles. The second kappa shape index (κ2) is 5.59. The molecule has 2 aromatic rings. The molecule has 0 N–H and O–H groups in total. The first-order valence-electron chi connectivity index (χ1n) is 7.16. The molecule has 0 saturated carbocycles. The average Bonchev–Trinajstić information content (AvgIpc) is 2.42. The van der Waals surface area contributed by atoms with Crippen molar-refractivity contribution < 1.29 is 4.79 Å². The van der Waals surface area contributed by atoms with Crippen molar-refractivity contribution in [3.8, 4) is 0 Å². The monoisotopic (exact) mass is 265 g/mol. The van der Waals surface area contributed by atoms with Crippen LogP contribution in [0.25, 0.3) is 0 Å². The lowest BCUT2D eigenvalue weighted by atomic mass is 9.96. The van der Waals surface area contributed by atoms with E-state index in [4.69, 9.17) is 0 Å². The second-order valence-corrected chi connectivity index (χ2v) is 5.49. The van der Waals surface area contributed by atoms with E-state index in [-0.39, 0.29) is 5.78 Å². The zero-order chi connectivity index (χ0) is 13.9. The summed E-state index contributed by atoms with van der Waals surface area (Å²) < 4.78 is 0. The van der Waals surface area contributed by atoms with Crippen LogP contribution in [0.2, 0.25) is 0 Å². The highest BCUT2D eigenvalue weighted by Crippen LogP contribution is 2.19. The zero-order valence-electron chi connectivity index (χ0n) is 11.8. The lowest BCUT2D eigenvalue weighted by molar-refractivity contribution is 0.103. The summed E-state index contributed by atoms with van der Waals surface area (Å²) in [6, 6.07) is 15.8. The summed E-state index contributed by atoms with van der Waals surface area (Å²) in [6.45, 7) is 5.19. The molecule has 1 aliphatic heterocycles. The van der Waals surface area contributed by atoms with Crippen LogP contribution in [0, 0.1) is 6.92 Å². The third-order valence-corrected chi connectivity index (χ3v) is 3.88. The molecule has 0 aliphatic carbocycles. The van der Waals surface area contributed by atoms with Crippen LogP contribution in [-0.2, 0) is 6.54 Å². The van der Waals surface area contributed by atoms with Crippen molar-refractivity contribution >= 4 is 5.78 Å². The van der Waals surface area contributed by atoms with Gasteiger partial charge in [0, 0.05) is 17.7 Å². The number of ketones is 1. The van der Waals surface area contributed by atoms with E-state index in [9.17, 15) is 4.79 Å². The Morgan fingerprint density at radius 2 is 1.90 bits per heavy atom. The number of carbonyl (C=O) groups excluding carboxylic acids is 1. The Morgan fingerprint density at radius 3 is 2.60 bits per heavy atom. The van der Waals surface area contributed by atoms with Gasteiger partial charge in [0.15, 0.2) is 5.78 Å². The van der Waals surface area contributed by atoms with Gasteiger partial charge in [-0.05, 0) is 38.1 Å². The summed E-state index contributed by atoms with van der Waals surface area (Å²) >= 11 is 0. The van der Waals surface area contributed by atoms with Crippen molar-refractivity contribution in [3.63, 3.8) is 0 Å². The molecule has 0 amide bonds. The van der Waals surface area contributed by atoms with Gasteiger partial charge in [-0.25, -0.2) is 0 Å². The molecule has 3 rings (SSSR count). The molecule has 0 radical (unpaired) electrons. The number of aryl methyl sites for hydroxylation is 1. The minimum Gasteiger partial charge on any atom is -0.299 e. The maximum atomic E-state index is 12.7. The molecule has 0 unspecified atom stereocenters. The fraction of sp³-hybridized carbons (Fsp3) is 0.278. The summed E-state index contributed by atoms with van der Waals surface area (Å²) in [5.74, 6) is 0.129. The van der Waals surface area contributed by atoms with E-state index in [1.807, 2.05) is 49.4 Å². The van der Waals surface area contributed by atoms with Gasteiger partial charge < -0.3 is 0 Å². The Hall–Kier alpha value is -1.93. The van der Waals surface area contributed by atoms with E-state index >= 15 is 0 Å². The van der Waals surface area contributed by atoms with Gasteiger partial charge in [-0.2, -0.15) is 0 Å². The normalized spacial score (nSPS) is 14.8. The van der Waals surface area contributed by atoms with Crippen LogP contribution in [0.3, 0.4) is 0 Å². The van der Waals surface area contributed by atoms with Gasteiger partial charge in [-0.3, -0.25) is 9.69 Å². The summed E-state index contributed by atoms with van der Waals surface area (Å²) in [6.07, 6.45) is 1.27. The maximum Gasteiger partial charge on any atom is 0.193 e. The smallest absolute Gasteiger partial charge is 0.193 e. The van der Waals surface area contributed by atoms with E-state index < -0.39 is 0 Å². The first-order valence-corrected chi connectivity index (χ1v) is 7.16. The average molecular weight is 265 g/mol. The molecule has 2 aromatic carbocycles. The summed E-state index contributed by atoms with van der Waals surface area (Å²) in [5.41, 5.74) is 3.88. The molecular formula is C18H19NO. The van der Waals surface area contributed by atoms with Crippen LogP contribution >= 0.6 is 0 Å². The van der Waals surface area contributed by atoms with Gasteiger partial charge in [0.1, 0.15) is 0 Å². The van der Waals surface area contributed by atoms with Crippen LogP contribution in [0.1, 0.15) is 33.5 Å². The maximum absolute atomic E-state index is 12.7. The van der Waals surface area contributed by atoms with Crippen molar-refractivity contribution in [1.29, 1.82) is 0 Å². The van der Waals surface area contributed by atoms with Crippen molar-refractivity contribution in [3.05, 3.63) is 70.8 Å². The predicted octanol–water partition coefficient (Wildman–Crippen LogP) is 3.43. The van der Waals surface area contributed by atoms with Crippen molar-refractivity contribution in [2.45, 2.75) is 19.9 Å². The Kier molecular flexibility index (Phi) is 3.66. The first kappa shape index (κ1) is 13.1. The minimum absolute atomic E-state index is 0.129. The molecule has 1 fully saturated rings. The zero-order valence-corrected chi connectivity index (χ0v) is 11.8. The number of likely N-dealkylation sites (tertiary alicyclic amines) is 1.